The largest absolute Gasteiger partial charge is 0.385 e. The Labute approximate surface area is 106 Å². The van der Waals surface area contributed by atoms with Crippen LogP contribution in [0.25, 0.3) is 0 Å². The van der Waals surface area contributed by atoms with Crippen LogP contribution >= 0.6 is 0 Å². The lowest BCUT2D eigenvalue weighted by Gasteiger charge is -2.51. The van der Waals surface area contributed by atoms with Crippen molar-refractivity contribution in [3.63, 3.8) is 0 Å². The fourth-order valence-electron chi connectivity index (χ4n) is 3.89. The number of unbranched alkanes of at least 4 members (excludes halogenated alkanes) is 1. The molecule has 0 aromatic heterocycles. The number of allylic oxidation sites excluding steroid dienone is 3. The fraction of sp³-hybridized carbons (Fsp3) is 0.750. The number of fused-ring (bicyclic) bond motifs is 1. The van der Waals surface area contributed by atoms with E-state index in [1.54, 1.807) is 0 Å². The number of rotatable bonds is 3. The summed E-state index contributed by atoms with van der Waals surface area (Å²) >= 11 is 0. The lowest BCUT2D eigenvalue weighted by molar-refractivity contribution is -0.0774. The van der Waals surface area contributed by atoms with Crippen LogP contribution in [0.15, 0.2) is 23.3 Å². The van der Waals surface area contributed by atoms with Crippen LogP contribution in [0, 0.1) is 11.3 Å². The van der Waals surface area contributed by atoms with Crippen LogP contribution in [0.4, 0.5) is 0 Å². The molecule has 0 saturated carbocycles. The van der Waals surface area contributed by atoms with E-state index >= 15 is 0 Å². The van der Waals surface area contributed by atoms with Gasteiger partial charge in [0.25, 0.3) is 0 Å². The minimum absolute atomic E-state index is 0.0328. The maximum absolute atomic E-state index is 11.2. The van der Waals surface area contributed by atoms with E-state index in [1.165, 1.54) is 11.1 Å². The molecule has 0 fully saturated rings. The molecule has 0 amide bonds. The van der Waals surface area contributed by atoms with E-state index in [2.05, 4.69) is 39.8 Å². The predicted molar refractivity (Wildman–Crippen MR) is 72.8 cm³/mol. The van der Waals surface area contributed by atoms with Gasteiger partial charge in [-0.15, -0.1) is 0 Å². The molecule has 0 aliphatic heterocycles. The Kier molecular flexibility index (Phi) is 3.24. The smallest absolute Gasteiger partial charge is 0.0916 e. The summed E-state index contributed by atoms with van der Waals surface area (Å²) in [7, 11) is 0. The second-order valence-electron chi connectivity index (χ2n) is 6.21. The van der Waals surface area contributed by atoms with Crippen LogP contribution in [0.5, 0.6) is 0 Å². The molecule has 17 heavy (non-hydrogen) atoms. The molecule has 1 N–H and O–H groups in total. The molecule has 0 aromatic carbocycles. The van der Waals surface area contributed by atoms with E-state index < -0.39 is 5.60 Å². The van der Waals surface area contributed by atoms with Crippen LogP contribution < -0.4 is 0 Å². The second-order valence-corrected chi connectivity index (χ2v) is 6.21. The zero-order valence-corrected chi connectivity index (χ0v) is 11.7. The molecular formula is C16H26O. The first kappa shape index (κ1) is 12.9. The van der Waals surface area contributed by atoms with Gasteiger partial charge in [-0.05, 0) is 44.6 Å². The van der Waals surface area contributed by atoms with Crippen LogP contribution in [-0.2, 0) is 0 Å². The van der Waals surface area contributed by atoms with Crippen LogP contribution in [0.2, 0.25) is 0 Å². The Morgan fingerprint density at radius 3 is 2.71 bits per heavy atom. The van der Waals surface area contributed by atoms with Gasteiger partial charge in [0.15, 0.2) is 0 Å². The van der Waals surface area contributed by atoms with Gasteiger partial charge in [-0.1, -0.05) is 44.4 Å². The molecule has 2 aliphatic rings. The summed E-state index contributed by atoms with van der Waals surface area (Å²) in [4.78, 5) is 0. The molecule has 0 aromatic rings. The first-order valence-corrected chi connectivity index (χ1v) is 7.02. The van der Waals surface area contributed by atoms with Gasteiger partial charge in [-0.25, -0.2) is 0 Å². The van der Waals surface area contributed by atoms with Gasteiger partial charge in [-0.2, -0.15) is 0 Å². The summed E-state index contributed by atoms with van der Waals surface area (Å²) in [5.41, 5.74) is 2.13. The van der Waals surface area contributed by atoms with Crippen molar-refractivity contribution in [2.75, 3.05) is 0 Å². The molecule has 0 heterocycles. The molecule has 3 atom stereocenters. The summed E-state index contributed by atoms with van der Waals surface area (Å²) in [6.07, 6.45) is 9.94. The van der Waals surface area contributed by atoms with Gasteiger partial charge in [-0.3, -0.25) is 0 Å². The molecule has 0 unspecified atom stereocenters. The Hall–Kier alpha value is -0.560. The molecule has 0 radical (unpaired) electrons. The molecule has 96 valence electrons. The molecule has 0 bridgehead atoms. The Balaban J connectivity index is 2.35. The highest BCUT2D eigenvalue weighted by Crippen LogP contribution is 2.58. The highest BCUT2D eigenvalue weighted by atomic mass is 16.3. The average Bonchev–Trinajstić information content (AvgIpc) is 2.60. The maximum Gasteiger partial charge on any atom is 0.0916 e. The lowest BCUT2D eigenvalue weighted by Crippen LogP contribution is -2.52. The average molecular weight is 234 g/mol. The zero-order chi connectivity index (χ0) is 12.7. The Bertz CT molecular complexity index is 366. The van der Waals surface area contributed by atoms with Crippen LogP contribution in [0.3, 0.4) is 0 Å². The highest BCUT2D eigenvalue weighted by molar-refractivity contribution is 5.33. The number of aliphatic hydroxyl groups is 1. The van der Waals surface area contributed by atoms with Crippen molar-refractivity contribution in [1.82, 2.24) is 0 Å². The van der Waals surface area contributed by atoms with Crippen LogP contribution in [-0.4, -0.2) is 10.7 Å². The maximum atomic E-state index is 11.2. The summed E-state index contributed by atoms with van der Waals surface area (Å²) in [5.74, 6) is 0.549. The zero-order valence-electron chi connectivity index (χ0n) is 11.7. The third kappa shape index (κ3) is 1.71. The van der Waals surface area contributed by atoms with Crippen molar-refractivity contribution in [1.29, 1.82) is 0 Å². The molecule has 2 rings (SSSR count). The third-order valence-corrected chi connectivity index (χ3v) is 5.32. The fourth-order valence-corrected chi connectivity index (χ4v) is 3.89. The van der Waals surface area contributed by atoms with E-state index in [0.717, 1.165) is 32.1 Å². The van der Waals surface area contributed by atoms with E-state index in [9.17, 15) is 5.11 Å². The van der Waals surface area contributed by atoms with Crippen molar-refractivity contribution in [2.45, 2.75) is 65.4 Å². The predicted octanol–water partition coefficient (Wildman–Crippen LogP) is 4.23. The van der Waals surface area contributed by atoms with Gasteiger partial charge < -0.3 is 5.11 Å². The first-order chi connectivity index (χ1) is 7.95. The van der Waals surface area contributed by atoms with E-state index in [1.807, 2.05) is 0 Å². The van der Waals surface area contributed by atoms with E-state index in [-0.39, 0.29) is 5.41 Å². The standard InChI is InChI=1S/C16H26O/c1-5-6-10-16(17)13(3)7-8-14-12(2)9-11-15(14,16)4/h7,9,14,17H,5-6,8,10-11H2,1-4H3/t14-,15+,16-/m0/s1. The number of hydrogen-bond acceptors (Lipinski definition) is 1. The third-order valence-electron chi connectivity index (χ3n) is 5.32. The van der Waals surface area contributed by atoms with Crippen molar-refractivity contribution in [3.8, 4) is 0 Å². The SMILES string of the molecule is CCCC[C@]1(O)C(C)=CC[C@H]2C(C)=CC[C@]21C. The summed E-state index contributed by atoms with van der Waals surface area (Å²) in [5, 5.41) is 11.2. The first-order valence-electron chi connectivity index (χ1n) is 7.02. The molecule has 1 nitrogen and oxygen atoms in total. The minimum Gasteiger partial charge on any atom is -0.385 e. The monoisotopic (exact) mass is 234 g/mol. The second kappa shape index (κ2) is 4.28. The molecular weight excluding hydrogens is 208 g/mol. The number of hydrogen-bond donors (Lipinski definition) is 1. The summed E-state index contributed by atoms with van der Waals surface area (Å²) < 4.78 is 0. The van der Waals surface area contributed by atoms with Gasteiger partial charge in [0.05, 0.1) is 5.60 Å². The summed E-state index contributed by atoms with van der Waals surface area (Å²) in [6.45, 7) is 8.83. The van der Waals surface area contributed by atoms with Crippen molar-refractivity contribution in [2.24, 2.45) is 11.3 Å². The van der Waals surface area contributed by atoms with Gasteiger partial charge in [0.2, 0.25) is 0 Å². The Morgan fingerprint density at radius 1 is 1.35 bits per heavy atom. The Morgan fingerprint density at radius 2 is 2.06 bits per heavy atom. The van der Waals surface area contributed by atoms with E-state index in [4.69, 9.17) is 0 Å². The summed E-state index contributed by atoms with van der Waals surface area (Å²) in [6, 6.07) is 0. The minimum atomic E-state index is -0.583. The van der Waals surface area contributed by atoms with Crippen LogP contribution in [0.1, 0.15) is 59.8 Å². The van der Waals surface area contributed by atoms with E-state index in [0.29, 0.717) is 5.92 Å². The molecule has 2 aliphatic carbocycles. The lowest BCUT2D eigenvalue weighted by atomic mass is 9.57. The van der Waals surface area contributed by atoms with Crippen molar-refractivity contribution >= 4 is 0 Å². The van der Waals surface area contributed by atoms with Crippen molar-refractivity contribution < 1.29 is 5.11 Å². The van der Waals surface area contributed by atoms with Crippen molar-refractivity contribution in [3.05, 3.63) is 23.3 Å². The topological polar surface area (TPSA) is 20.2 Å². The van der Waals surface area contributed by atoms with Gasteiger partial charge in [0, 0.05) is 5.41 Å². The normalized spacial score (nSPS) is 40.9. The molecule has 0 spiro atoms. The quantitative estimate of drug-likeness (QED) is 0.724. The van der Waals surface area contributed by atoms with Gasteiger partial charge in [0.1, 0.15) is 0 Å². The van der Waals surface area contributed by atoms with Gasteiger partial charge >= 0.3 is 0 Å². The molecule has 1 heteroatoms. The molecule has 0 saturated heterocycles. The highest BCUT2D eigenvalue weighted by Gasteiger charge is 2.55.